The maximum Gasteiger partial charge on any atom is 0.322 e. The van der Waals surface area contributed by atoms with E-state index in [0.717, 1.165) is 37.2 Å². The molecular formula is C20H24N2O3. The first-order chi connectivity index (χ1) is 12.0. The number of hydrogen-bond donors (Lipinski definition) is 1. The number of rotatable bonds is 5. The summed E-state index contributed by atoms with van der Waals surface area (Å²) in [6, 6.07) is 10.9. The largest absolute Gasteiger partial charge is 0.464 e. The minimum atomic E-state index is -0.128. The molecule has 2 aromatic rings. The second-order valence-electron chi connectivity index (χ2n) is 6.64. The molecule has 3 rings (SSSR count). The lowest BCUT2D eigenvalue weighted by Crippen LogP contribution is -2.41. The molecule has 1 fully saturated rings. The van der Waals surface area contributed by atoms with Crippen molar-refractivity contribution in [3.63, 3.8) is 0 Å². The highest BCUT2D eigenvalue weighted by Crippen LogP contribution is 2.26. The molecule has 1 saturated carbocycles. The van der Waals surface area contributed by atoms with Crippen LogP contribution in [0.3, 0.4) is 0 Å². The molecule has 1 N–H and O–H groups in total. The summed E-state index contributed by atoms with van der Waals surface area (Å²) in [4.78, 5) is 26.1. The van der Waals surface area contributed by atoms with Crippen LogP contribution in [0, 0.1) is 6.92 Å². The van der Waals surface area contributed by atoms with Crippen molar-refractivity contribution < 1.29 is 14.0 Å². The Kier molecular flexibility index (Phi) is 5.22. The fraction of sp³-hybridized carbons (Fsp3) is 0.400. The predicted molar refractivity (Wildman–Crippen MR) is 96.7 cm³/mol. The molecule has 1 aliphatic carbocycles. The van der Waals surface area contributed by atoms with E-state index in [1.165, 1.54) is 6.92 Å². The maximum atomic E-state index is 12.8. The average Bonchev–Trinajstić information content (AvgIpc) is 3.24. The molecule has 5 nitrogen and oxygen atoms in total. The quantitative estimate of drug-likeness (QED) is 0.798. The Balaban J connectivity index is 1.72. The summed E-state index contributed by atoms with van der Waals surface area (Å²) in [6.07, 6.45) is 4.35. The molecule has 1 aromatic heterocycles. The number of anilines is 1. The lowest BCUT2D eigenvalue weighted by Gasteiger charge is -2.28. The standard InChI is InChI=1S/C20H24N2O3/c1-14-7-12-19(25-14)13-22(18-5-3-4-6-18)20(24)21-17-10-8-16(9-11-17)15(2)23/h7-12,18H,3-6,13H2,1-2H3,(H,21,24). The third kappa shape index (κ3) is 4.29. The van der Waals surface area contributed by atoms with Crippen LogP contribution in [0.15, 0.2) is 40.8 Å². The van der Waals surface area contributed by atoms with Gasteiger partial charge in [-0.1, -0.05) is 12.8 Å². The smallest absolute Gasteiger partial charge is 0.322 e. The Morgan fingerprint density at radius 2 is 1.80 bits per heavy atom. The monoisotopic (exact) mass is 340 g/mol. The second-order valence-corrected chi connectivity index (χ2v) is 6.64. The highest BCUT2D eigenvalue weighted by molar-refractivity contribution is 5.95. The van der Waals surface area contributed by atoms with Crippen LogP contribution in [0.5, 0.6) is 0 Å². The number of Topliss-reactive ketones (excluding diaryl/α,β-unsaturated/α-hetero) is 1. The van der Waals surface area contributed by atoms with Crippen molar-refractivity contribution >= 4 is 17.5 Å². The van der Waals surface area contributed by atoms with Crippen molar-refractivity contribution in [2.45, 2.75) is 52.1 Å². The van der Waals surface area contributed by atoms with Gasteiger partial charge in [-0.05, 0) is 63.1 Å². The van der Waals surface area contributed by atoms with Crippen LogP contribution in [0.4, 0.5) is 10.5 Å². The van der Waals surface area contributed by atoms with Gasteiger partial charge in [0.1, 0.15) is 11.5 Å². The highest BCUT2D eigenvalue weighted by atomic mass is 16.3. The molecule has 0 spiro atoms. The number of hydrogen-bond acceptors (Lipinski definition) is 3. The molecule has 0 saturated heterocycles. The first-order valence-corrected chi connectivity index (χ1v) is 8.77. The number of ketones is 1. The Morgan fingerprint density at radius 3 is 2.36 bits per heavy atom. The van der Waals surface area contributed by atoms with Crippen molar-refractivity contribution in [2.75, 3.05) is 5.32 Å². The van der Waals surface area contributed by atoms with E-state index in [9.17, 15) is 9.59 Å². The van der Waals surface area contributed by atoms with Crippen molar-refractivity contribution in [1.82, 2.24) is 4.90 Å². The predicted octanol–water partition coefficient (Wildman–Crippen LogP) is 4.77. The summed E-state index contributed by atoms with van der Waals surface area (Å²) in [5.74, 6) is 1.66. The number of furan rings is 1. The topological polar surface area (TPSA) is 62.6 Å². The Bertz CT molecular complexity index is 743. The summed E-state index contributed by atoms with van der Waals surface area (Å²) in [7, 11) is 0. The molecule has 0 radical (unpaired) electrons. The van der Waals surface area contributed by atoms with Crippen molar-refractivity contribution in [3.05, 3.63) is 53.5 Å². The fourth-order valence-corrected chi connectivity index (χ4v) is 3.30. The normalized spacial score (nSPS) is 14.5. The Hall–Kier alpha value is -2.56. The van der Waals surface area contributed by atoms with E-state index in [2.05, 4.69) is 5.32 Å². The molecule has 0 bridgehead atoms. The van der Waals surface area contributed by atoms with E-state index in [0.29, 0.717) is 17.8 Å². The molecule has 25 heavy (non-hydrogen) atoms. The summed E-state index contributed by atoms with van der Waals surface area (Å²) >= 11 is 0. The van der Waals surface area contributed by atoms with Crippen LogP contribution in [0.2, 0.25) is 0 Å². The molecule has 1 aromatic carbocycles. The molecule has 0 unspecified atom stereocenters. The number of nitrogens with one attached hydrogen (secondary N) is 1. The van der Waals surface area contributed by atoms with Gasteiger partial charge in [-0.25, -0.2) is 4.79 Å². The zero-order valence-corrected chi connectivity index (χ0v) is 14.7. The van der Waals surface area contributed by atoms with Gasteiger partial charge < -0.3 is 14.6 Å². The second kappa shape index (κ2) is 7.55. The van der Waals surface area contributed by atoms with E-state index in [-0.39, 0.29) is 17.9 Å². The molecule has 1 heterocycles. The van der Waals surface area contributed by atoms with Gasteiger partial charge in [0.2, 0.25) is 0 Å². The summed E-state index contributed by atoms with van der Waals surface area (Å²) in [6.45, 7) is 3.90. The van der Waals surface area contributed by atoms with Crippen LogP contribution in [-0.4, -0.2) is 22.8 Å². The minimum absolute atomic E-state index is 0.0126. The first kappa shape index (κ1) is 17.3. The minimum Gasteiger partial charge on any atom is -0.464 e. The third-order valence-corrected chi connectivity index (χ3v) is 4.69. The fourth-order valence-electron chi connectivity index (χ4n) is 3.30. The van der Waals surface area contributed by atoms with Gasteiger partial charge in [0, 0.05) is 17.3 Å². The van der Waals surface area contributed by atoms with Gasteiger partial charge >= 0.3 is 6.03 Å². The van der Waals surface area contributed by atoms with Gasteiger partial charge in [-0.15, -0.1) is 0 Å². The maximum absolute atomic E-state index is 12.8. The van der Waals surface area contributed by atoms with Crippen LogP contribution in [-0.2, 0) is 6.54 Å². The van der Waals surface area contributed by atoms with Crippen molar-refractivity contribution in [2.24, 2.45) is 0 Å². The van der Waals surface area contributed by atoms with Gasteiger partial charge in [-0.2, -0.15) is 0 Å². The van der Waals surface area contributed by atoms with E-state index >= 15 is 0 Å². The van der Waals surface area contributed by atoms with Crippen LogP contribution < -0.4 is 5.32 Å². The van der Waals surface area contributed by atoms with Gasteiger partial charge in [0.15, 0.2) is 5.78 Å². The van der Waals surface area contributed by atoms with Gasteiger partial charge in [0.05, 0.1) is 6.54 Å². The van der Waals surface area contributed by atoms with Crippen molar-refractivity contribution in [3.8, 4) is 0 Å². The molecule has 0 aliphatic heterocycles. The zero-order chi connectivity index (χ0) is 17.8. The molecule has 5 heteroatoms. The van der Waals surface area contributed by atoms with E-state index in [1.807, 2.05) is 24.0 Å². The molecule has 1 aliphatic rings. The number of nitrogens with zero attached hydrogens (tertiary/aromatic N) is 1. The van der Waals surface area contributed by atoms with Gasteiger partial charge in [0.25, 0.3) is 0 Å². The third-order valence-electron chi connectivity index (χ3n) is 4.69. The molecule has 2 amide bonds. The summed E-state index contributed by atoms with van der Waals surface area (Å²) < 4.78 is 5.66. The van der Waals surface area contributed by atoms with Crippen LogP contribution >= 0.6 is 0 Å². The zero-order valence-electron chi connectivity index (χ0n) is 14.7. The number of urea groups is 1. The van der Waals surface area contributed by atoms with Gasteiger partial charge in [-0.3, -0.25) is 4.79 Å². The number of aryl methyl sites for hydroxylation is 1. The Morgan fingerprint density at radius 1 is 1.12 bits per heavy atom. The Labute approximate surface area is 148 Å². The lowest BCUT2D eigenvalue weighted by molar-refractivity contribution is 0.101. The van der Waals surface area contributed by atoms with E-state index < -0.39 is 0 Å². The van der Waals surface area contributed by atoms with E-state index in [4.69, 9.17) is 4.42 Å². The molecule has 0 atom stereocenters. The van der Waals surface area contributed by atoms with E-state index in [1.54, 1.807) is 24.3 Å². The van der Waals surface area contributed by atoms with Crippen LogP contribution in [0.25, 0.3) is 0 Å². The molecular weight excluding hydrogens is 316 g/mol. The SMILES string of the molecule is CC(=O)c1ccc(NC(=O)N(Cc2ccc(C)o2)C2CCCC2)cc1. The average molecular weight is 340 g/mol. The van der Waals surface area contributed by atoms with Crippen molar-refractivity contribution in [1.29, 1.82) is 0 Å². The number of benzene rings is 1. The lowest BCUT2D eigenvalue weighted by atomic mass is 10.1. The molecule has 132 valence electrons. The first-order valence-electron chi connectivity index (χ1n) is 8.77. The number of carbonyl (C=O) groups is 2. The van der Waals surface area contributed by atoms with Crippen LogP contribution in [0.1, 0.15) is 54.5 Å². The highest BCUT2D eigenvalue weighted by Gasteiger charge is 2.27. The number of amides is 2. The number of carbonyl (C=O) groups excluding carboxylic acids is 2. The summed E-state index contributed by atoms with van der Waals surface area (Å²) in [5.41, 5.74) is 1.32. The summed E-state index contributed by atoms with van der Waals surface area (Å²) in [5, 5.41) is 2.95.